The zero-order chi connectivity index (χ0) is 19.6. The second kappa shape index (κ2) is 8.28. The summed E-state index contributed by atoms with van der Waals surface area (Å²) in [6, 6.07) is 4.68. The van der Waals surface area contributed by atoms with E-state index in [1.807, 2.05) is 4.90 Å². The van der Waals surface area contributed by atoms with E-state index in [1.54, 1.807) is 6.07 Å². The minimum absolute atomic E-state index is 0.0126. The van der Waals surface area contributed by atoms with Gasteiger partial charge in [0.2, 0.25) is 5.91 Å². The summed E-state index contributed by atoms with van der Waals surface area (Å²) in [7, 11) is 1.40. The second-order valence-electron chi connectivity index (χ2n) is 7.86. The van der Waals surface area contributed by atoms with E-state index in [9.17, 15) is 14.0 Å². The van der Waals surface area contributed by atoms with Crippen LogP contribution in [0, 0.1) is 23.6 Å². The van der Waals surface area contributed by atoms with Crippen LogP contribution in [0.15, 0.2) is 18.2 Å². The van der Waals surface area contributed by atoms with E-state index in [0.29, 0.717) is 23.9 Å². The van der Waals surface area contributed by atoms with Gasteiger partial charge in [0.05, 0.1) is 13.0 Å². The van der Waals surface area contributed by atoms with Gasteiger partial charge in [-0.2, -0.15) is 0 Å². The summed E-state index contributed by atoms with van der Waals surface area (Å²) >= 11 is 0. The Morgan fingerprint density at radius 1 is 1.30 bits per heavy atom. The van der Waals surface area contributed by atoms with Crippen LogP contribution in [-0.2, 0) is 20.9 Å². The molecule has 1 aromatic rings. The van der Waals surface area contributed by atoms with Crippen LogP contribution in [0.2, 0.25) is 0 Å². The Kier molecular flexibility index (Phi) is 6.02. The minimum Gasteiger partial charge on any atom is -0.494 e. The van der Waals surface area contributed by atoms with Crippen molar-refractivity contribution >= 4 is 11.9 Å². The lowest BCUT2D eigenvalue weighted by Gasteiger charge is -2.39. The molecule has 1 aliphatic heterocycles. The molecule has 1 saturated carbocycles. The fourth-order valence-corrected chi connectivity index (χ4v) is 4.28. The largest absolute Gasteiger partial charge is 0.494 e. The van der Waals surface area contributed by atoms with Crippen molar-refractivity contribution in [2.75, 3.05) is 13.7 Å². The van der Waals surface area contributed by atoms with E-state index in [2.05, 4.69) is 13.8 Å². The minimum atomic E-state index is -0.492. The van der Waals surface area contributed by atoms with Crippen molar-refractivity contribution in [3.05, 3.63) is 29.6 Å². The number of halogens is 1. The van der Waals surface area contributed by atoms with Gasteiger partial charge in [0.15, 0.2) is 11.6 Å². The van der Waals surface area contributed by atoms with Gasteiger partial charge in [-0.05, 0) is 36.0 Å². The van der Waals surface area contributed by atoms with Crippen molar-refractivity contribution in [1.82, 2.24) is 4.90 Å². The number of carbonyl (C=O) groups is 2. The summed E-state index contributed by atoms with van der Waals surface area (Å²) in [6.07, 6.45) is 3.53. The van der Waals surface area contributed by atoms with Gasteiger partial charge in [0.1, 0.15) is 6.61 Å². The van der Waals surface area contributed by atoms with E-state index in [4.69, 9.17) is 9.47 Å². The van der Waals surface area contributed by atoms with Gasteiger partial charge in [0, 0.05) is 19.0 Å². The van der Waals surface area contributed by atoms with E-state index in [1.165, 1.54) is 25.7 Å². The monoisotopic (exact) mass is 377 g/mol. The highest BCUT2D eigenvalue weighted by atomic mass is 19.1. The molecule has 5 nitrogen and oxygen atoms in total. The van der Waals surface area contributed by atoms with Crippen molar-refractivity contribution < 1.29 is 23.5 Å². The molecule has 2 aliphatic rings. The summed E-state index contributed by atoms with van der Waals surface area (Å²) in [5.41, 5.74) is 0.553. The van der Waals surface area contributed by atoms with Crippen LogP contribution < -0.4 is 4.74 Å². The molecule has 1 aromatic carbocycles. The topological polar surface area (TPSA) is 55.8 Å². The number of hydrogen-bond donors (Lipinski definition) is 0. The molecular weight excluding hydrogens is 349 g/mol. The van der Waals surface area contributed by atoms with E-state index >= 15 is 0 Å². The van der Waals surface area contributed by atoms with Crippen molar-refractivity contribution in [3.8, 4) is 5.75 Å². The number of amides is 1. The first-order chi connectivity index (χ1) is 12.9. The van der Waals surface area contributed by atoms with E-state index < -0.39 is 17.7 Å². The van der Waals surface area contributed by atoms with Crippen LogP contribution in [0.5, 0.6) is 5.75 Å². The Hall–Kier alpha value is -2.11. The third kappa shape index (κ3) is 4.25. The molecule has 0 spiro atoms. The molecule has 2 fully saturated rings. The molecule has 0 bridgehead atoms. The number of methoxy groups -OCH3 is 1. The molecule has 0 N–H and O–H groups in total. The Labute approximate surface area is 159 Å². The molecule has 6 heteroatoms. The summed E-state index contributed by atoms with van der Waals surface area (Å²) in [5.74, 6) is -0.0964. The lowest BCUT2D eigenvalue weighted by atomic mass is 9.77. The first-order valence-corrected chi connectivity index (χ1v) is 9.69. The van der Waals surface area contributed by atoms with Crippen LogP contribution in [0.25, 0.3) is 0 Å². The van der Waals surface area contributed by atoms with Gasteiger partial charge >= 0.3 is 5.97 Å². The van der Waals surface area contributed by atoms with Crippen LogP contribution in [0.3, 0.4) is 0 Å². The number of esters is 1. The molecule has 4 atom stereocenters. The number of hydrogen-bond acceptors (Lipinski definition) is 4. The Balaban J connectivity index is 1.56. The van der Waals surface area contributed by atoms with Crippen molar-refractivity contribution in [3.63, 3.8) is 0 Å². The zero-order valence-electron chi connectivity index (χ0n) is 16.2. The average Bonchev–Trinajstić information content (AvgIpc) is 3.04. The third-order valence-electron chi connectivity index (χ3n) is 6.15. The Morgan fingerprint density at radius 3 is 2.78 bits per heavy atom. The molecule has 1 heterocycles. The summed E-state index contributed by atoms with van der Waals surface area (Å²) in [4.78, 5) is 26.8. The lowest BCUT2D eigenvalue weighted by molar-refractivity contribution is -0.149. The fourth-order valence-electron chi connectivity index (χ4n) is 4.28. The van der Waals surface area contributed by atoms with Crippen molar-refractivity contribution in [2.24, 2.45) is 17.8 Å². The Bertz CT molecular complexity index is 707. The third-order valence-corrected chi connectivity index (χ3v) is 6.15. The molecule has 27 heavy (non-hydrogen) atoms. The quantitative estimate of drug-likeness (QED) is 0.737. The van der Waals surface area contributed by atoms with Crippen molar-refractivity contribution in [1.29, 1.82) is 0 Å². The molecule has 0 unspecified atom stereocenters. The number of carbonyl (C=O) groups excluding carboxylic acids is 2. The fraction of sp³-hybridized carbons (Fsp3) is 0.619. The van der Waals surface area contributed by atoms with Crippen LogP contribution >= 0.6 is 0 Å². The molecule has 0 aromatic heterocycles. The van der Waals surface area contributed by atoms with Gasteiger partial charge < -0.3 is 14.4 Å². The number of rotatable bonds is 5. The van der Waals surface area contributed by atoms with Crippen molar-refractivity contribution in [2.45, 2.75) is 52.2 Å². The zero-order valence-corrected chi connectivity index (χ0v) is 16.2. The SMILES string of the molecule is COc1ccc(COC(=O)[C@@H]2CC(=O)N([C@H]3CCC[C@H](C)[C@H]3C)C2)cc1F. The predicted octanol–water partition coefficient (Wildman–Crippen LogP) is 3.55. The molecule has 1 aliphatic carbocycles. The molecule has 1 amide bonds. The molecule has 0 radical (unpaired) electrons. The summed E-state index contributed by atoms with van der Waals surface area (Å²) in [5, 5.41) is 0. The summed E-state index contributed by atoms with van der Waals surface area (Å²) in [6.45, 7) is 4.85. The van der Waals surface area contributed by atoms with Gasteiger partial charge in [-0.15, -0.1) is 0 Å². The first kappa shape index (κ1) is 19.6. The maximum Gasteiger partial charge on any atom is 0.311 e. The van der Waals surface area contributed by atoms with E-state index in [0.717, 1.165) is 12.8 Å². The smallest absolute Gasteiger partial charge is 0.311 e. The van der Waals surface area contributed by atoms with Gasteiger partial charge in [-0.25, -0.2) is 4.39 Å². The standard InChI is InChI=1S/C21H28FNO4/c1-13-5-4-6-18(14(13)2)23-11-16(10-20(23)24)21(25)27-12-15-7-8-19(26-3)17(22)9-15/h7-9,13-14,16,18H,4-6,10-12H2,1-3H3/t13-,14+,16+,18-/m0/s1. The predicted molar refractivity (Wildman–Crippen MR) is 98.5 cm³/mol. The lowest BCUT2D eigenvalue weighted by Crippen LogP contribution is -2.45. The number of nitrogens with zero attached hydrogens (tertiary/aromatic N) is 1. The summed E-state index contributed by atoms with van der Waals surface area (Å²) < 4.78 is 24.0. The maximum atomic E-state index is 13.7. The van der Waals surface area contributed by atoms with Crippen LogP contribution in [-0.4, -0.2) is 36.5 Å². The van der Waals surface area contributed by atoms with E-state index in [-0.39, 0.29) is 30.7 Å². The molecule has 3 rings (SSSR count). The number of benzene rings is 1. The molecule has 148 valence electrons. The number of ether oxygens (including phenoxy) is 2. The van der Waals surface area contributed by atoms with Gasteiger partial charge in [-0.3, -0.25) is 9.59 Å². The van der Waals surface area contributed by atoms with Crippen LogP contribution in [0.1, 0.15) is 45.1 Å². The first-order valence-electron chi connectivity index (χ1n) is 9.69. The highest BCUT2D eigenvalue weighted by molar-refractivity contribution is 5.87. The van der Waals surface area contributed by atoms with Gasteiger partial charge in [0.25, 0.3) is 0 Å². The molecular formula is C21H28FNO4. The highest BCUT2D eigenvalue weighted by Crippen LogP contribution is 2.36. The van der Waals surface area contributed by atoms with Gasteiger partial charge in [-0.1, -0.05) is 32.8 Å². The average molecular weight is 377 g/mol. The van der Waals surface area contributed by atoms with Crippen LogP contribution in [0.4, 0.5) is 4.39 Å². The maximum absolute atomic E-state index is 13.7. The number of likely N-dealkylation sites (tertiary alicyclic amines) is 1. The Morgan fingerprint density at radius 2 is 2.07 bits per heavy atom. The highest BCUT2D eigenvalue weighted by Gasteiger charge is 2.42. The second-order valence-corrected chi connectivity index (χ2v) is 7.86. The molecule has 1 saturated heterocycles. The normalized spacial score (nSPS) is 28.3.